The highest BCUT2D eigenvalue weighted by Gasteiger charge is 2.30. The average molecular weight is 328 g/mol. The number of anilines is 1. The van der Waals surface area contributed by atoms with Crippen molar-refractivity contribution in [3.8, 4) is 5.75 Å². The van der Waals surface area contributed by atoms with Crippen LogP contribution >= 0.6 is 0 Å². The van der Waals surface area contributed by atoms with Gasteiger partial charge in [-0.15, -0.1) is 0 Å². The zero-order valence-electron chi connectivity index (χ0n) is 13.5. The minimum atomic E-state index is -0.869. The molecule has 1 aliphatic rings. The van der Waals surface area contributed by atoms with Gasteiger partial charge in [0.25, 0.3) is 0 Å². The second-order valence-corrected chi connectivity index (χ2v) is 5.94. The number of halogens is 2. The lowest BCUT2D eigenvalue weighted by molar-refractivity contribution is 0.0546. The molecule has 1 saturated heterocycles. The Hall–Kier alpha value is -1.89. The molecule has 2 rings (SSSR count). The quantitative estimate of drug-likeness (QED) is 0.873. The van der Waals surface area contributed by atoms with Crippen molar-refractivity contribution < 1.29 is 23.0 Å². The average Bonchev–Trinajstić information content (AvgIpc) is 2.93. The summed E-state index contributed by atoms with van der Waals surface area (Å²) in [6.07, 6.45) is 1.00. The van der Waals surface area contributed by atoms with Crippen LogP contribution in [-0.2, 0) is 4.74 Å². The van der Waals surface area contributed by atoms with E-state index < -0.39 is 23.4 Å². The van der Waals surface area contributed by atoms with E-state index >= 15 is 0 Å². The number of ether oxygens (including phenoxy) is 2. The van der Waals surface area contributed by atoms with E-state index in [1.54, 1.807) is 0 Å². The molecule has 1 aromatic carbocycles. The Bertz CT molecular complexity index is 543. The SMILES string of the molecule is COc1c(F)cc(NC(=O)NC[C@@H]2CCO[C@@H]2C(C)C)cc1F. The highest BCUT2D eigenvalue weighted by molar-refractivity contribution is 5.89. The third-order valence-electron chi connectivity index (χ3n) is 3.91. The Balaban J connectivity index is 1.90. The third-order valence-corrected chi connectivity index (χ3v) is 3.91. The largest absolute Gasteiger partial charge is 0.491 e. The van der Waals surface area contributed by atoms with E-state index in [1.165, 1.54) is 7.11 Å². The standard InChI is InChI=1S/C16H22F2N2O3/c1-9(2)14-10(4-5-23-14)8-19-16(21)20-11-6-12(17)15(22-3)13(18)7-11/h6-7,9-10,14H,4-5,8H2,1-3H3,(H2,19,20,21)/t10-,14+/m0/s1. The number of hydrogen-bond acceptors (Lipinski definition) is 3. The molecule has 1 fully saturated rings. The molecule has 0 radical (unpaired) electrons. The first-order valence-corrected chi connectivity index (χ1v) is 7.61. The lowest BCUT2D eigenvalue weighted by atomic mass is 9.93. The van der Waals surface area contributed by atoms with E-state index in [0.717, 1.165) is 18.6 Å². The zero-order valence-corrected chi connectivity index (χ0v) is 13.5. The molecule has 5 nitrogen and oxygen atoms in total. The van der Waals surface area contributed by atoms with Crippen molar-refractivity contribution in [2.75, 3.05) is 25.6 Å². The molecule has 2 atom stereocenters. The number of methoxy groups -OCH3 is 1. The second-order valence-electron chi connectivity index (χ2n) is 5.94. The molecule has 0 spiro atoms. The number of rotatable bonds is 5. The first-order chi connectivity index (χ1) is 10.9. The van der Waals surface area contributed by atoms with E-state index in [1.807, 2.05) is 0 Å². The number of nitrogens with one attached hydrogen (secondary N) is 2. The molecule has 2 N–H and O–H groups in total. The predicted molar refractivity (Wildman–Crippen MR) is 82.6 cm³/mol. The van der Waals surface area contributed by atoms with Crippen molar-refractivity contribution >= 4 is 11.7 Å². The first-order valence-electron chi connectivity index (χ1n) is 7.61. The molecule has 23 heavy (non-hydrogen) atoms. The highest BCUT2D eigenvalue weighted by Crippen LogP contribution is 2.27. The van der Waals surface area contributed by atoms with Crippen LogP contribution in [0.15, 0.2) is 12.1 Å². The van der Waals surface area contributed by atoms with E-state index in [0.29, 0.717) is 19.1 Å². The van der Waals surface area contributed by atoms with Gasteiger partial charge in [0.15, 0.2) is 17.4 Å². The van der Waals surface area contributed by atoms with Gasteiger partial charge < -0.3 is 20.1 Å². The van der Waals surface area contributed by atoms with E-state index in [9.17, 15) is 13.6 Å². The molecule has 0 aromatic heterocycles. The monoisotopic (exact) mass is 328 g/mol. The van der Waals surface area contributed by atoms with Gasteiger partial charge in [0.05, 0.1) is 13.2 Å². The maximum atomic E-state index is 13.6. The molecular weight excluding hydrogens is 306 g/mol. The maximum absolute atomic E-state index is 13.6. The van der Waals surface area contributed by atoms with E-state index in [2.05, 4.69) is 29.2 Å². The molecular formula is C16H22F2N2O3. The Labute approximate surface area is 134 Å². The second kappa shape index (κ2) is 7.59. The minimum absolute atomic E-state index is 0.0291. The van der Waals surface area contributed by atoms with Crippen LogP contribution in [0, 0.1) is 23.5 Å². The van der Waals surface area contributed by atoms with E-state index in [4.69, 9.17) is 4.74 Å². The molecule has 0 saturated carbocycles. The Morgan fingerprint density at radius 2 is 2.04 bits per heavy atom. The summed E-state index contributed by atoms with van der Waals surface area (Å²) in [5.41, 5.74) is 0.0291. The normalized spacial score (nSPS) is 20.6. The molecule has 1 heterocycles. The molecule has 1 aromatic rings. The number of benzene rings is 1. The molecule has 1 aliphatic heterocycles. The van der Waals surface area contributed by atoms with Crippen LogP contribution in [0.2, 0.25) is 0 Å². The van der Waals surface area contributed by atoms with Gasteiger partial charge in [-0.2, -0.15) is 0 Å². The Morgan fingerprint density at radius 3 is 2.61 bits per heavy atom. The molecule has 0 bridgehead atoms. The summed E-state index contributed by atoms with van der Waals surface area (Å²) in [5, 5.41) is 5.14. The highest BCUT2D eigenvalue weighted by atomic mass is 19.1. The summed E-state index contributed by atoms with van der Waals surface area (Å²) in [7, 11) is 1.18. The van der Waals surface area contributed by atoms with Crippen molar-refractivity contribution in [1.29, 1.82) is 0 Å². The van der Waals surface area contributed by atoms with Crippen LogP contribution in [0.4, 0.5) is 19.3 Å². The Kier molecular flexibility index (Phi) is 5.76. The summed E-state index contributed by atoms with van der Waals surface area (Å²) < 4.78 is 37.4. The van der Waals surface area contributed by atoms with Gasteiger partial charge in [0, 0.05) is 36.9 Å². The van der Waals surface area contributed by atoms with Crippen molar-refractivity contribution in [2.45, 2.75) is 26.4 Å². The maximum Gasteiger partial charge on any atom is 0.319 e. The number of urea groups is 1. The lowest BCUT2D eigenvalue weighted by Crippen LogP contribution is -2.37. The smallest absolute Gasteiger partial charge is 0.319 e. The fourth-order valence-electron chi connectivity index (χ4n) is 2.84. The van der Waals surface area contributed by atoms with Gasteiger partial charge in [-0.05, 0) is 12.3 Å². The molecule has 0 unspecified atom stereocenters. The summed E-state index contributed by atoms with van der Waals surface area (Å²) in [6.45, 7) is 5.29. The fourth-order valence-corrected chi connectivity index (χ4v) is 2.84. The number of amides is 2. The lowest BCUT2D eigenvalue weighted by Gasteiger charge is -2.22. The first kappa shape index (κ1) is 17.5. The van der Waals surface area contributed by atoms with Crippen LogP contribution in [-0.4, -0.2) is 32.4 Å². The Morgan fingerprint density at radius 1 is 1.39 bits per heavy atom. The van der Waals surface area contributed by atoms with Crippen LogP contribution in [0.1, 0.15) is 20.3 Å². The van der Waals surface area contributed by atoms with Crippen molar-refractivity contribution in [3.05, 3.63) is 23.8 Å². The predicted octanol–water partition coefficient (Wildman–Crippen LogP) is 3.16. The van der Waals surface area contributed by atoms with Gasteiger partial charge in [-0.25, -0.2) is 13.6 Å². The number of carbonyl (C=O) groups excluding carboxylic acids is 1. The van der Waals surface area contributed by atoms with E-state index in [-0.39, 0.29) is 17.7 Å². The molecule has 128 valence electrons. The molecule has 0 aliphatic carbocycles. The topological polar surface area (TPSA) is 59.6 Å². The summed E-state index contributed by atoms with van der Waals surface area (Å²) in [6, 6.07) is 1.51. The minimum Gasteiger partial charge on any atom is -0.491 e. The van der Waals surface area contributed by atoms with Crippen molar-refractivity contribution in [3.63, 3.8) is 0 Å². The molecule has 7 heteroatoms. The van der Waals surface area contributed by atoms with Gasteiger partial charge in [0.2, 0.25) is 0 Å². The van der Waals surface area contributed by atoms with Gasteiger partial charge in [-0.1, -0.05) is 13.8 Å². The van der Waals surface area contributed by atoms with Gasteiger partial charge >= 0.3 is 6.03 Å². The van der Waals surface area contributed by atoms with Gasteiger partial charge in [-0.3, -0.25) is 0 Å². The third kappa shape index (κ3) is 4.31. The summed E-state index contributed by atoms with van der Waals surface area (Å²) in [4.78, 5) is 11.9. The molecule has 2 amide bonds. The van der Waals surface area contributed by atoms with Crippen LogP contribution in [0.3, 0.4) is 0 Å². The fraction of sp³-hybridized carbons (Fsp3) is 0.562. The van der Waals surface area contributed by atoms with Crippen LogP contribution < -0.4 is 15.4 Å². The van der Waals surface area contributed by atoms with Crippen molar-refractivity contribution in [1.82, 2.24) is 5.32 Å². The van der Waals surface area contributed by atoms with Gasteiger partial charge in [0.1, 0.15) is 0 Å². The van der Waals surface area contributed by atoms with Crippen LogP contribution in [0.5, 0.6) is 5.75 Å². The van der Waals surface area contributed by atoms with Crippen LogP contribution in [0.25, 0.3) is 0 Å². The summed E-state index contributed by atoms with van der Waals surface area (Å²) in [5.74, 6) is -1.60. The zero-order chi connectivity index (χ0) is 17.0. The number of carbonyl (C=O) groups is 1. The van der Waals surface area contributed by atoms with Crippen molar-refractivity contribution in [2.24, 2.45) is 11.8 Å². The number of hydrogen-bond donors (Lipinski definition) is 2. The summed E-state index contributed by atoms with van der Waals surface area (Å²) >= 11 is 0.